The number of anilines is 2. The first-order chi connectivity index (χ1) is 9.68. The third-order valence-corrected chi connectivity index (χ3v) is 2.90. The Labute approximate surface area is 119 Å². The molecule has 0 aliphatic rings. The molecule has 0 saturated heterocycles. The lowest BCUT2D eigenvalue weighted by molar-refractivity contribution is 0.332. The Morgan fingerprint density at radius 3 is 2.65 bits per heavy atom. The summed E-state index contributed by atoms with van der Waals surface area (Å²) in [6.45, 7) is 5.36. The molecule has 0 fully saturated rings. The molecule has 0 amide bonds. The minimum Gasteiger partial charge on any atom is -0.492 e. The lowest BCUT2D eigenvalue weighted by Crippen LogP contribution is -2.15. The van der Waals surface area contributed by atoms with Crippen LogP contribution in [0, 0.1) is 0 Å². The minimum atomic E-state index is 0.272. The van der Waals surface area contributed by atoms with Gasteiger partial charge in [0.25, 0.3) is 0 Å². The molecule has 1 heterocycles. The number of hydrogen-bond acceptors (Lipinski definition) is 5. The second kappa shape index (κ2) is 6.75. The van der Waals surface area contributed by atoms with Crippen molar-refractivity contribution in [3.8, 4) is 5.75 Å². The summed E-state index contributed by atoms with van der Waals surface area (Å²) in [6, 6.07) is 9.73. The zero-order valence-electron chi connectivity index (χ0n) is 11.8. The summed E-state index contributed by atoms with van der Waals surface area (Å²) in [7, 11) is 0. The van der Waals surface area contributed by atoms with Crippen LogP contribution >= 0.6 is 0 Å². The van der Waals surface area contributed by atoms with Gasteiger partial charge in [0.1, 0.15) is 30.3 Å². The van der Waals surface area contributed by atoms with E-state index in [-0.39, 0.29) is 5.92 Å². The molecule has 0 spiro atoms. The van der Waals surface area contributed by atoms with Crippen molar-refractivity contribution in [1.82, 2.24) is 9.97 Å². The van der Waals surface area contributed by atoms with E-state index in [2.05, 4.69) is 29.1 Å². The normalized spacial score (nSPS) is 10.6. The van der Waals surface area contributed by atoms with E-state index < -0.39 is 0 Å². The fourth-order valence-electron chi connectivity index (χ4n) is 1.97. The van der Waals surface area contributed by atoms with Gasteiger partial charge in [-0.25, -0.2) is 9.97 Å². The first kappa shape index (κ1) is 14.1. The van der Waals surface area contributed by atoms with Crippen LogP contribution in [0.2, 0.25) is 0 Å². The van der Waals surface area contributed by atoms with Crippen LogP contribution in [0.5, 0.6) is 5.75 Å². The molecule has 2 aromatic rings. The Morgan fingerprint density at radius 2 is 1.95 bits per heavy atom. The van der Waals surface area contributed by atoms with Crippen molar-refractivity contribution in [3.63, 3.8) is 0 Å². The topological polar surface area (TPSA) is 73.1 Å². The largest absolute Gasteiger partial charge is 0.492 e. The molecule has 0 atom stereocenters. The highest BCUT2D eigenvalue weighted by Crippen LogP contribution is 2.25. The molecule has 0 unspecified atom stereocenters. The highest BCUT2D eigenvalue weighted by atomic mass is 16.5. The van der Waals surface area contributed by atoms with Crippen LogP contribution in [0.15, 0.2) is 36.7 Å². The summed E-state index contributed by atoms with van der Waals surface area (Å²) >= 11 is 0. The van der Waals surface area contributed by atoms with E-state index in [0.29, 0.717) is 19.0 Å². The summed E-state index contributed by atoms with van der Waals surface area (Å²) in [5, 5.41) is 3.25. The van der Waals surface area contributed by atoms with E-state index in [1.165, 1.54) is 6.33 Å². The Balaban J connectivity index is 1.90. The minimum absolute atomic E-state index is 0.272. The fraction of sp³-hybridized carbons (Fsp3) is 0.333. The first-order valence-corrected chi connectivity index (χ1v) is 6.70. The highest BCUT2D eigenvalue weighted by Gasteiger charge is 2.12. The van der Waals surface area contributed by atoms with Crippen LogP contribution < -0.4 is 15.8 Å². The molecule has 106 valence electrons. The number of aromatic nitrogens is 2. The smallest absolute Gasteiger partial charge is 0.135 e. The first-order valence-electron chi connectivity index (χ1n) is 6.70. The molecular weight excluding hydrogens is 252 g/mol. The fourth-order valence-corrected chi connectivity index (χ4v) is 1.97. The van der Waals surface area contributed by atoms with E-state index >= 15 is 0 Å². The van der Waals surface area contributed by atoms with Crippen molar-refractivity contribution in [3.05, 3.63) is 42.2 Å². The standard InChI is InChI=1S/C15H20N4O/c1-11(2)13-14(16)18-10-19-15(13)17-8-9-20-12-6-4-3-5-7-12/h3-7,10-11H,8-9H2,1-2H3,(H3,16,17,18,19). The van der Waals surface area contributed by atoms with Gasteiger partial charge in [0, 0.05) is 5.56 Å². The third kappa shape index (κ3) is 3.60. The Bertz CT molecular complexity index is 543. The van der Waals surface area contributed by atoms with Gasteiger partial charge in [-0.2, -0.15) is 0 Å². The molecule has 0 bridgehead atoms. The van der Waals surface area contributed by atoms with Crippen molar-refractivity contribution in [2.45, 2.75) is 19.8 Å². The van der Waals surface area contributed by atoms with Crippen LogP contribution in [-0.2, 0) is 0 Å². The molecule has 20 heavy (non-hydrogen) atoms. The van der Waals surface area contributed by atoms with Gasteiger partial charge in [-0.15, -0.1) is 0 Å². The molecular formula is C15H20N4O. The van der Waals surface area contributed by atoms with Crippen LogP contribution in [-0.4, -0.2) is 23.1 Å². The molecule has 1 aromatic heterocycles. The Morgan fingerprint density at radius 1 is 1.20 bits per heavy atom. The number of nitrogens with zero attached hydrogens (tertiary/aromatic N) is 2. The molecule has 0 radical (unpaired) electrons. The van der Waals surface area contributed by atoms with Gasteiger partial charge in [-0.05, 0) is 18.1 Å². The van der Waals surface area contributed by atoms with Crippen LogP contribution in [0.4, 0.5) is 11.6 Å². The van der Waals surface area contributed by atoms with Crippen molar-refractivity contribution in [2.75, 3.05) is 24.2 Å². The van der Waals surface area contributed by atoms with E-state index in [0.717, 1.165) is 17.1 Å². The van der Waals surface area contributed by atoms with Crippen molar-refractivity contribution in [2.24, 2.45) is 0 Å². The molecule has 1 aromatic carbocycles. The number of rotatable bonds is 6. The maximum absolute atomic E-state index is 5.90. The van der Waals surface area contributed by atoms with E-state index in [4.69, 9.17) is 10.5 Å². The summed E-state index contributed by atoms with van der Waals surface area (Å²) in [6.07, 6.45) is 1.47. The van der Waals surface area contributed by atoms with Crippen LogP contribution in [0.3, 0.4) is 0 Å². The maximum Gasteiger partial charge on any atom is 0.135 e. The highest BCUT2D eigenvalue weighted by molar-refractivity contribution is 5.56. The van der Waals surface area contributed by atoms with Gasteiger partial charge in [0.2, 0.25) is 0 Å². The molecule has 0 aliphatic carbocycles. The van der Waals surface area contributed by atoms with Gasteiger partial charge < -0.3 is 15.8 Å². The van der Waals surface area contributed by atoms with Gasteiger partial charge in [-0.1, -0.05) is 32.0 Å². The van der Waals surface area contributed by atoms with Gasteiger partial charge in [0.05, 0.1) is 6.54 Å². The quantitative estimate of drug-likeness (QED) is 0.791. The average Bonchev–Trinajstić information content (AvgIpc) is 2.44. The predicted molar refractivity (Wildman–Crippen MR) is 81.0 cm³/mol. The SMILES string of the molecule is CC(C)c1c(N)ncnc1NCCOc1ccccc1. The van der Waals surface area contributed by atoms with Crippen molar-refractivity contribution >= 4 is 11.6 Å². The van der Waals surface area contributed by atoms with Gasteiger partial charge >= 0.3 is 0 Å². The van der Waals surface area contributed by atoms with Gasteiger partial charge in [-0.3, -0.25) is 0 Å². The second-order valence-corrected chi connectivity index (χ2v) is 4.76. The van der Waals surface area contributed by atoms with Crippen LogP contribution in [0.1, 0.15) is 25.3 Å². The Hall–Kier alpha value is -2.30. The monoisotopic (exact) mass is 272 g/mol. The molecule has 2 rings (SSSR count). The number of ether oxygens (including phenoxy) is 1. The maximum atomic E-state index is 5.90. The molecule has 5 nitrogen and oxygen atoms in total. The molecule has 5 heteroatoms. The summed E-state index contributed by atoms with van der Waals surface area (Å²) in [5.74, 6) is 2.44. The lowest BCUT2D eigenvalue weighted by atomic mass is 10.0. The number of para-hydroxylation sites is 1. The summed E-state index contributed by atoms with van der Waals surface area (Å²) < 4.78 is 5.62. The average molecular weight is 272 g/mol. The number of hydrogen-bond donors (Lipinski definition) is 2. The zero-order valence-corrected chi connectivity index (χ0v) is 11.8. The van der Waals surface area contributed by atoms with E-state index in [9.17, 15) is 0 Å². The number of benzene rings is 1. The third-order valence-electron chi connectivity index (χ3n) is 2.90. The predicted octanol–water partition coefficient (Wildman–Crippen LogP) is 2.67. The summed E-state index contributed by atoms with van der Waals surface area (Å²) in [4.78, 5) is 8.28. The number of nitrogens with two attached hydrogens (primary N) is 1. The number of nitrogens with one attached hydrogen (secondary N) is 1. The van der Waals surface area contributed by atoms with E-state index in [1.807, 2.05) is 30.3 Å². The molecule has 0 aliphatic heterocycles. The van der Waals surface area contributed by atoms with Crippen molar-refractivity contribution < 1.29 is 4.74 Å². The van der Waals surface area contributed by atoms with E-state index in [1.54, 1.807) is 0 Å². The van der Waals surface area contributed by atoms with Crippen molar-refractivity contribution in [1.29, 1.82) is 0 Å². The zero-order chi connectivity index (χ0) is 14.4. The second-order valence-electron chi connectivity index (χ2n) is 4.76. The lowest BCUT2D eigenvalue weighted by Gasteiger charge is -2.15. The number of nitrogen functional groups attached to an aromatic ring is 1. The molecule has 3 N–H and O–H groups in total. The van der Waals surface area contributed by atoms with Crippen LogP contribution in [0.25, 0.3) is 0 Å². The Kier molecular flexibility index (Phi) is 4.76. The van der Waals surface area contributed by atoms with Gasteiger partial charge in [0.15, 0.2) is 0 Å². The molecule has 0 saturated carbocycles. The summed E-state index contributed by atoms with van der Waals surface area (Å²) in [5.41, 5.74) is 6.85.